The molecule has 0 unspecified atom stereocenters. The smallest absolute Gasteiger partial charge is 0.121 e. The average Bonchev–Trinajstić information content (AvgIpc) is 2.54. The van der Waals surface area contributed by atoms with E-state index in [2.05, 4.69) is 10.2 Å². The number of likely N-dealkylation sites (tertiary alicyclic amines) is 1. The molecule has 2 saturated heterocycles. The maximum Gasteiger partial charge on any atom is 0.121 e. The summed E-state index contributed by atoms with van der Waals surface area (Å²) in [6.45, 7) is 5.89. The third-order valence-electron chi connectivity index (χ3n) is 4.70. The van der Waals surface area contributed by atoms with Crippen molar-refractivity contribution in [2.24, 2.45) is 5.92 Å². The number of halogens is 2. The minimum atomic E-state index is 0.293. The van der Waals surface area contributed by atoms with Crippen LogP contribution in [0.25, 0.3) is 0 Å². The second kappa shape index (κ2) is 7.87. The second-order valence-corrected chi connectivity index (χ2v) is 7.20. The predicted molar refractivity (Wildman–Crippen MR) is 92.1 cm³/mol. The van der Waals surface area contributed by atoms with E-state index in [-0.39, 0.29) is 0 Å². The SMILES string of the molecule is Clc1ccc(OC2CCN(CC3CCNCC3)CC2)cc1Cl. The van der Waals surface area contributed by atoms with Crippen molar-refractivity contribution in [3.8, 4) is 5.75 Å². The zero-order valence-electron chi connectivity index (χ0n) is 12.9. The van der Waals surface area contributed by atoms with Gasteiger partial charge in [0.15, 0.2) is 0 Å². The first kappa shape index (κ1) is 16.4. The van der Waals surface area contributed by atoms with Crippen LogP contribution in [-0.4, -0.2) is 43.7 Å². The molecule has 1 aromatic carbocycles. The van der Waals surface area contributed by atoms with Crippen molar-refractivity contribution >= 4 is 23.2 Å². The third-order valence-corrected chi connectivity index (χ3v) is 5.44. The minimum absolute atomic E-state index is 0.293. The zero-order valence-corrected chi connectivity index (χ0v) is 14.4. The Kier molecular flexibility index (Phi) is 5.86. The Labute approximate surface area is 142 Å². The molecule has 2 aliphatic rings. The first-order chi connectivity index (χ1) is 10.7. The van der Waals surface area contributed by atoms with Gasteiger partial charge in [0.1, 0.15) is 11.9 Å². The summed E-state index contributed by atoms with van der Waals surface area (Å²) in [6.07, 6.45) is 5.11. The highest BCUT2D eigenvalue weighted by molar-refractivity contribution is 6.42. The Bertz CT molecular complexity index is 484. The molecule has 0 atom stereocenters. The van der Waals surface area contributed by atoms with Crippen LogP contribution in [0.2, 0.25) is 10.0 Å². The first-order valence-corrected chi connectivity index (χ1v) is 9.01. The lowest BCUT2D eigenvalue weighted by molar-refractivity contribution is 0.0873. The van der Waals surface area contributed by atoms with Crippen molar-refractivity contribution in [3.05, 3.63) is 28.2 Å². The van der Waals surface area contributed by atoms with Gasteiger partial charge in [-0.25, -0.2) is 0 Å². The van der Waals surface area contributed by atoms with Gasteiger partial charge in [-0.05, 0) is 56.8 Å². The van der Waals surface area contributed by atoms with Crippen LogP contribution >= 0.6 is 23.2 Å². The molecule has 5 heteroatoms. The molecule has 2 fully saturated rings. The Hall–Kier alpha value is -0.480. The number of nitrogens with one attached hydrogen (secondary N) is 1. The van der Waals surface area contributed by atoms with Crippen LogP contribution in [0.5, 0.6) is 5.75 Å². The van der Waals surface area contributed by atoms with E-state index in [1.54, 1.807) is 6.07 Å². The number of hydrogen-bond acceptors (Lipinski definition) is 3. The minimum Gasteiger partial charge on any atom is -0.490 e. The molecule has 2 heterocycles. The predicted octanol–water partition coefficient (Wildman–Crippen LogP) is 3.84. The van der Waals surface area contributed by atoms with Crippen molar-refractivity contribution in [1.82, 2.24) is 10.2 Å². The molecule has 0 saturated carbocycles. The molecule has 1 N–H and O–H groups in total. The fourth-order valence-electron chi connectivity index (χ4n) is 3.38. The van der Waals surface area contributed by atoms with Gasteiger partial charge in [-0.3, -0.25) is 0 Å². The summed E-state index contributed by atoms with van der Waals surface area (Å²) < 4.78 is 6.05. The van der Waals surface area contributed by atoms with Crippen molar-refractivity contribution in [2.45, 2.75) is 31.8 Å². The van der Waals surface area contributed by atoms with Gasteiger partial charge in [0.05, 0.1) is 10.0 Å². The summed E-state index contributed by atoms with van der Waals surface area (Å²) in [7, 11) is 0. The number of rotatable bonds is 4. The largest absolute Gasteiger partial charge is 0.490 e. The molecule has 0 radical (unpaired) electrons. The van der Waals surface area contributed by atoms with Gasteiger partial charge >= 0.3 is 0 Å². The van der Waals surface area contributed by atoms with Crippen LogP contribution in [-0.2, 0) is 0 Å². The topological polar surface area (TPSA) is 24.5 Å². The van der Waals surface area contributed by atoms with Gasteiger partial charge in [0, 0.05) is 25.7 Å². The number of benzene rings is 1. The molecule has 0 aliphatic carbocycles. The normalized spacial score (nSPS) is 21.9. The maximum absolute atomic E-state index is 6.05. The standard InChI is InChI=1S/C17H24Cl2N2O/c18-16-2-1-15(11-17(16)19)22-14-5-9-21(10-6-14)12-13-3-7-20-8-4-13/h1-2,11,13-14,20H,3-10,12H2. The third kappa shape index (κ3) is 4.51. The van der Waals surface area contributed by atoms with Crippen molar-refractivity contribution in [2.75, 3.05) is 32.7 Å². The van der Waals surface area contributed by atoms with E-state index in [4.69, 9.17) is 27.9 Å². The zero-order chi connectivity index (χ0) is 15.4. The molecule has 3 nitrogen and oxygen atoms in total. The number of nitrogens with zero attached hydrogens (tertiary/aromatic N) is 1. The molecular formula is C17H24Cl2N2O. The van der Waals surface area contributed by atoms with Crippen LogP contribution < -0.4 is 10.1 Å². The van der Waals surface area contributed by atoms with Gasteiger partial charge in [-0.2, -0.15) is 0 Å². The fraction of sp³-hybridized carbons (Fsp3) is 0.647. The number of piperidine rings is 2. The van der Waals surface area contributed by atoms with E-state index in [1.807, 2.05) is 12.1 Å². The van der Waals surface area contributed by atoms with E-state index in [1.165, 1.54) is 32.5 Å². The Morgan fingerprint density at radius 2 is 1.77 bits per heavy atom. The van der Waals surface area contributed by atoms with Crippen LogP contribution in [0.15, 0.2) is 18.2 Å². The van der Waals surface area contributed by atoms with Crippen molar-refractivity contribution in [1.29, 1.82) is 0 Å². The molecular weight excluding hydrogens is 319 g/mol. The van der Waals surface area contributed by atoms with E-state index in [0.717, 1.165) is 37.6 Å². The molecule has 3 rings (SSSR count). The van der Waals surface area contributed by atoms with Gasteiger partial charge in [-0.15, -0.1) is 0 Å². The molecule has 0 bridgehead atoms. The van der Waals surface area contributed by atoms with Gasteiger partial charge < -0.3 is 15.0 Å². The summed E-state index contributed by atoms with van der Waals surface area (Å²) in [5.41, 5.74) is 0. The van der Waals surface area contributed by atoms with E-state index in [9.17, 15) is 0 Å². The average molecular weight is 343 g/mol. The Morgan fingerprint density at radius 1 is 1.05 bits per heavy atom. The fourth-order valence-corrected chi connectivity index (χ4v) is 3.67. The van der Waals surface area contributed by atoms with Crippen LogP contribution in [0.1, 0.15) is 25.7 Å². The molecule has 122 valence electrons. The van der Waals surface area contributed by atoms with Gasteiger partial charge in [0.2, 0.25) is 0 Å². The van der Waals surface area contributed by atoms with E-state index in [0.29, 0.717) is 16.1 Å². The summed E-state index contributed by atoms with van der Waals surface area (Å²) in [5.74, 6) is 1.69. The van der Waals surface area contributed by atoms with Crippen LogP contribution in [0, 0.1) is 5.92 Å². The highest BCUT2D eigenvalue weighted by Crippen LogP contribution is 2.28. The molecule has 22 heavy (non-hydrogen) atoms. The summed E-state index contributed by atoms with van der Waals surface area (Å²) in [6, 6.07) is 5.51. The van der Waals surface area contributed by atoms with Crippen molar-refractivity contribution in [3.63, 3.8) is 0 Å². The van der Waals surface area contributed by atoms with Crippen LogP contribution in [0.4, 0.5) is 0 Å². The molecule has 0 aromatic heterocycles. The Balaban J connectivity index is 1.44. The molecule has 2 aliphatic heterocycles. The molecule has 1 aromatic rings. The molecule has 0 amide bonds. The monoisotopic (exact) mass is 342 g/mol. The van der Waals surface area contributed by atoms with Gasteiger partial charge in [0.25, 0.3) is 0 Å². The first-order valence-electron chi connectivity index (χ1n) is 8.25. The Morgan fingerprint density at radius 3 is 2.45 bits per heavy atom. The van der Waals surface area contributed by atoms with E-state index < -0.39 is 0 Å². The second-order valence-electron chi connectivity index (χ2n) is 6.39. The quantitative estimate of drug-likeness (QED) is 0.899. The number of hydrogen-bond donors (Lipinski definition) is 1. The highest BCUT2D eigenvalue weighted by atomic mass is 35.5. The summed E-state index contributed by atoms with van der Waals surface area (Å²) in [5, 5.41) is 4.57. The summed E-state index contributed by atoms with van der Waals surface area (Å²) in [4.78, 5) is 2.60. The number of ether oxygens (including phenoxy) is 1. The van der Waals surface area contributed by atoms with Crippen LogP contribution in [0.3, 0.4) is 0 Å². The lowest BCUT2D eigenvalue weighted by atomic mass is 9.96. The highest BCUT2D eigenvalue weighted by Gasteiger charge is 2.23. The summed E-state index contributed by atoms with van der Waals surface area (Å²) >= 11 is 12.0. The van der Waals surface area contributed by atoms with Crippen molar-refractivity contribution < 1.29 is 4.74 Å². The van der Waals surface area contributed by atoms with Gasteiger partial charge in [-0.1, -0.05) is 23.2 Å². The lowest BCUT2D eigenvalue weighted by Crippen LogP contribution is -2.42. The maximum atomic E-state index is 6.05. The lowest BCUT2D eigenvalue weighted by Gasteiger charge is -2.35. The van der Waals surface area contributed by atoms with E-state index >= 15 is 0 Å². The molecule has 0 spiro atoms.